The molecule has 2 aliphatic rings. The molecule has 1 aliphatic heterocycles. The summed E-state index contributed by atoms with van der Waals surface area (Å²) in [6, 6.07) is 12.8. The number of aromatic nitrogens is 2. The van der Waals surface area contributed by atoms with Gasteiger partial charge in [0.1, 0.15) is 0 Å². The van der Waals surface area contributed by atoms with Gasteiger partial charge in [0, 0.05) is 32.0 Å². The van der Waals surface area contributed by atoms with E-state index in [1.54, 1.807) is 6.20 Å². The molecule has 0 radical (unpaired) electrons. The second-order valence-electron chi connectivity index (χ2n) is 7.11. The zero-order valence-electron chi connectivity index (χ0n) is 13.5. The van der Waals surface area contributed by atoms with Crippen molar-refractivity contribution < 1.29 is 5.11 Å². The average Bonchev–Trinajstić information content (AvgIpc) is 3.22. The lowest BCUT2D eigenvalue weighted by Crippen LogP contribution is -2.36. The van der Waals surface area contributed by atoms with Gasteiger partial charge in [-0.15, -0.1) is 0 Å². The number of hydrogen-bond acceptors (Lipinski definition) is 3. The molecule has 4 nitrogen and oxygen atoms in total. The van der Waals surface area contributed by atoms with E-state index in [0.29, 0.717) is 11.8 Å². The second-order valence-corrected chi connectivity index (χ2v) is 7.11. The Morgan fingerprint density at radius 1 is 1.04 bits per heavy atom. The zero-order valence-corrected chi connectivity index (χ0v) is 13.5. The highest BCUT2D eigenvalue weighted by atomic mass is 16.3. The third-order valence-corrected chi connectivity index (χ3v) is 5.61. The van der Waals surface area contributed by atoms with Crippen molar-refractivity contribution in [2.24, 2.45) is 11.8 Å². The number of benzene rings is 1. The summed E-state index contributed by atoms with van der Waals surface area (Å²) in [6.07, 6.45) is 6.61. The molecule has 2 heterocycles. The minimum absolute atomic E-state index is 0.153. The monoisotopic (exact) mass is 311 g/mol. The van der Waals surface area contributed by atoms with Gasteiger partial charge in [0.05, 0.1) is 12.1 Å². The SMILES string of the molecule is O[C@@H]1C[C@H]2CN(CCc3ccccc3)C[C@H]2C[C@H]1n1cccn1. The van der Waals surface area contributed by atoms with Gasteiger partial charge in [-0.05, 0) is 42.7 Å². The third kappa shape index (κ3) is 3.19. The van der Waals surface area contributed by atoms with Crippen LogP contribution in [-0.4, -0.2) is 45.5 Å². The van der Waals surface area contributed by atoms with Crippen molar-refractivity contribution in [2.45, 2.75) is 31.4 Å². The summed E-state index contributed by atoms with van der Waals surface area (Å²) < 4.78 is 1.95. The first kappa shape index (κ1) is 14.9. The van der Waals surface area contributed by atoms with Crippen molar-refractivity contribution in [3.63, 3.8) is 0 Å². The lowest BCUT2D eigenvalue weighted by Gasteiger charge is -2.35. The largest absolute Gasteiger partial charge is 0.391 e. The van der Waals surface area contributed by atoms with Gasteiger partial charge < -0.3 is 10.0 Å². The standard InChI is InChI=1S/C19H25N3O/c23-19-12-17-14-21(10-7-15-5-2-1-3-6-15)13-16(17)11-18(19)22-9-4-8-20-22/h1-6,8-9,16-19,23H,7,10-14H2/t16-,17+,18-,19-/m1/s1. The van der Waals surface area contributed by atoms with Gasteiger partial charge >= 0.3 is 0 Å². The summed E-state index contributed by atoms with van der Waals surface area (Å²) >= 11 is 0. The summed E-state index contributed by atoms with van der Waals surface area (Å²) in [4.78, 5) is 2.58. The highest BCUT2D eigenvalue weighted by Crippen LogP contribution is 2.41. The van der Waals surface area contributed by atoms with Crippen molar-refractivity contribution in [2.75, 3.05) is 19.6 Å². The van der Waals surface area contributed by atoms with Crippen LogP contribution in [0.5, 0.6) is 0 Å². The fourth-order valence-electron chi connectivity index (χ4n) is 4.38. The molecular weight excluding hydrogens is 286 g/mol. The van der Waals surface area contributed by atoms with Crippen LogP contribution >= 0.6 is 0 Å². The van der Waals surface area contributed by atoms with E-state index in [0.717, 1.165) is 32.4 Å². The van der Waals surface area contributed by atoms with Crippen molar-refractivity contribution >= 4 is 0 Å². The maximum absolute atomic E-state index is 10.5. The van der Waals surface area contributed by atoms with Gasteiger partial charge in [0.25, 0.3) is 0 Å². The maximum atomic E-state index is 10.5. The van der Waals surface area contributed by atoms with Crippen LogP contribution in [0, 0.1) is 11.8 Å². The molecule has 1 aromatic heterocycles. The number of likely N-dealkylation sites (tertiary alicyclic amines) is 1. The molecule has 2 aromatic rings. The van der Waals surface area contributed by atoms with Gasteiger partial charge in [0.2, 0.25) is 0 Å². The van der Waals surface area contributed by atoms with Crippen molar-refractivity contribution in [1.29, 1.82) is 0 Å². The number of aliphatic hydroxyl groups excluding tert-OH is 1. The normalized spacial score (nSPS) is 31.2. The molecule has 0 unspecified atom stereocenters. The fourth-order valence-corrected chi connectivity index (χ4v) is 4.38. The Labute approximate surface area is 137 Å². The molecular formula is C19H25N3O. The number of hydrogen-bond donors (Lipinski definition) is 1. The highest BCUT2D eigenvalue weighted by Gasteiger charge is 2.42. The van der Waals surface area contributed by atoms with Crippen molar-refractivity contribution in [3.8, 4) is 0 Å². The zero-order chi connectivity index (χ0) is 15.6. The topological polar surface area (TPSA) is 41.3 Å². The maximum Gasteiger partial charge on any atom is 0.0781 e. The summed E-state index contributed by atoms with van der Waals surface area (Å²) in [5.74, 6) is 1.34. The molecule has 1 N–H and O–H groups in total. The molecule has 0 amide bonds. The molecule has 4 heteroatoms. The number of nitrogens with zero attached hydrogens (tertiary/aromatic N) is 3. The summed E-state index contributed by atoms with van der Waals surface area (Å²) in [7, 11) is 0. The molecule has 1 saturated carbocycles. The first-order valence-corrected chi connectivity index (χ1v) is 8.73. The molecule has 23 heavy (non-hydrogen) atoms. The lowest BCUT2D eigenvalue weighted by atomic mass is 9.77. The van der Waals surface area contributed by atoms with E-state index in [1.807, 2.05) is 16.9 Å². The van der Waals surface area contributed by atoms with Crippen molar-refractivity contribution in [3.05, 3.63) is 54.4 Å². The smallest absolute Gasteiger partial charge is 0.0781 e. The van der Waals surface area contributed by atoms with Crippen LogP contribution in [0.4, 0.5) is 0 Å². The molecule has 4 rings (SSSR count). The minimum Gasteiger partial charge on any atom is -0.391 e. The molecule has 1 aliphatic carbocycles. The van der Waals surface area contributed by atoms with E-state index < -0.39 is 0 Å². The predicted molar refractivity (Wildman–Crippen MR) is 90.1 cm³/mol. The van der Waals surface area contributed by atoms with E-state index in [4.69, 9.17) is 0 Å². The Kier molecular flexibility index (Phi) is 4.19. The predicted octanol–water partition coefficient (Wildman–Crippen LogP) is 2.37. The van der Waals surface area contributed by atoms with Crippen LogP contribution in [0.1, 0.15) is 24.4 Å². The van der Waals surface area contributed by atoms with E-state index in [1.165, 1.54) is 12.1 Å². The van der Waals surface area contributed by atoms with Crippen LogP contribution < -0.4 is 0 Å². The van der Waals surface area contributed by atoms with Gasteiger partial charge in [-0.2, -0.15) is 5.10 Å². The fraction of sp³-hybridized carbons (Fsp3) is 0.526. The Morgan fingerprint density at radius 2 is 1.83 bits per heavy atom. The molecule has 0 bridgehead atoms. The minimum atomic E-state index is -0.259. The Morgan fingerprint density at radius 3 is 2.57 bits per heavy atom. The van der Waals surface area contributed by atoms with E-state index >= 15 is 0 Å². The van der Waals surface area contributed by atoms with E-state index in [9.17, 15) is 5.11 Å². The van der Waals surface area contributed by atoms with Gasteiger partial charge in [-0.1, -0.05) is 30.3 Å². The first-order chi connectivity index (χ1) is 11.3. The average molecular weight is 311 g/mol. The Hall–Kier alpha value is -1.65. The van der Waals surface area contributed by atoms with Crippen LogP contribution in [0.2, 0.25) is 0 Å². The molecule has 0 spiro atoms. The van der Waals surface area contributed by atoms with Gasteiger partial charge in [0.15, 0.2) is 0 Å². The number of rotatable bonds is 4. The highest BCUT2D eigenvalue weighted by molar-refractivity contribution is 5.15. The summed E-state index contributed by atoms with van der Waals surface area (Å²) in [6.45, 7) is 3.43. The summed E-state index contributed by atoms with van der Waals surface area (Å²) in [5.41, 5.74) is 1.41. The van der Waals surface area contributed by atoms with Crippen LogP contribution in [0.25, 0.3) is 0 Å². The summed E-state index contributed by atoms with van der Waals surface area (Å²) in [5, 5.41) is 14.8. The van der Waals surface area contributed by atoms with E-state index in [2.05, 4.69) is 40.3 Å². The molecule has 122 valence electrons. The number of aliphatic hydroxyl groups is 1. The Balaban J connectivity index is 1.36. The molecule has 2 fully saturated rings. The van der Waals surface area contributed by atoms with Gasteiger partial charge in [-0.25, -0.2) is 0 Å². The lowest BCUT2D eigenvalue weighted by molar-refractivity contribution is 0.0306. The molecule has 1 aromatic carbocycles. The second kappa shape index (κ2) is 6.46. The van der Waals surface area contributed by atoms with Crippen molar-refractivity contribution in [1.82, 2.24) is 14.7 Å². The molecule has 4 atom stereocenters. The van der Waals surface area contributed by atoms with E-state index in [-0.39, 0.29) is 12.1 Å². The Bertz CT molecular complexity index is 613. The number of fused-ring (bicyclic) bond motifs is 1. The van der Waals surface area contributed by atoms with Crippen LogP contribution in [-0.2, 0) is 6.42 Å². The van der Waals surface area contributed by atoms with Crippen LogP contribution in [0.15, 0.2) is 48.8 Å². The first-order valence-electron chi connectivity index (χ1n) is 8.73. The van der Waals surface area contributed by atoms with Gasteiger partial charge in [-0.3, -0.25) is 4.68 Å². The third-order valence-electron chi connectivity index (χ3n) is 5.61. The van der Waals surface area contributed by atoms with Crippen LogP contribution in [0.3, 0.4) is 0 Å². The molecule has 1 saturated heterocycles. The quantitative estimate of drug-likeness (QED) is 0.942.